The second-order valence-electron chi connectivity index (χ2n) is 9.38. The third kappa shape index (κ3) is 3.38. The number of oxazole rings is 1. The normalized spacial score (nSPS) is 15.3. The molecule has 7 heteroatoms. The molecular formula is C31H26N3O2S2+. The van der Waals surface area contributed by atoms with Crippen LogP contribution in [0.4, 0.5) is 5.69 Å². The number of fused-ring (bicyclic) bond motifs is 6. The Hall–Kier alpha value is -3.81. The average Bonchev–Trinajstić information content (AvgIpc) is 3.58. The molecule has 0 aliphatic carbocycles. The van der Waals surface area contributed by atoms with E-state index in [2.05, 4.69) is 84.1 Å². The van der Waals surface area contributed by atoms with Gasteiger partial charge in [0.2, 0.25) is 5.58 Å². The Labute approximate surface area is 227 Å². The van der Waals surface area contributed by atoms with E-state index < -0.39 is 0 Å². The first-order valence-electron chi connectivity index (χ1n) is 12.8. The summed E-state index contributed by atoms with van der Waals surface area (Å²) in [5.74, 6) is 0.751. The summed E-state index contributed by atoms with van der Waals surface area (Å²) < 4.78 is 12.2. The van der Waals surface area contributed by atoms with Gasteiger partial charge >= 0.3 is 5.89 Å². The van der Waals surface area contributed by atoms with E-state index in [-0.39, 0.29) is 5.56 Å². The van der Waals surface area contributed by atoms with Crippen LogP contribution in [0.3, 0.4) is 0 Å². The fourth-order valence-corrected chi connectivity index (χ4v) is 7.99. The number of thioether (sulfide) groups is 1. The predicted molar refractivity (Wildman–Crippen MR) is 158 cm³/mol. The maximum Gasteiger partial charge on any atom is 0.377 e. The van der Waals surface area contributed by atoms with E-state index in [0.29, 0.717) is 6.54 Å². The zero-order valence-electron chi connectivity index (χ0n) is 21.4. The van der Waals surface area contributed by atoms with Gasteiger partial charge in [-0.15, -0.1) is 11.3 Å². The zero-order chi connectivity index (χ0) is 26.0. The van der Waals surface area contributed by atoms with Gasteiger partial charge in [-0.25, -0.2) is 0 Å². The lowest BCUT2D eigenvalue weighted by atomic mass is 10.1. The second-order valence-corrected chi connectivity index (χ2v) is 11.4. The van der Waals surface area contributed by atoms with Crippen LogP contribution in [0.2, 0.25) is 0 Å². The van der Waals surface area contributed by atoms with Crippen molar-refractivity contribution < 1.29 is 8.98 Å². The maximum atomic E-state index is 13.7. The van der Waals surface area contributed by atoms with Crippen molar-refractivity contribution in [1.29, 1.82) is 0 Å². The topological polar surface area (TPSA) is 42.3 Å². The van der Waals surface area contributed by atoms with Gasteiger partial charge in [0.25, 0.3) is 11.1 Å². The monoisotopic (exact) mass is 536 g/mol. The van der Waals surface area contributed by atoms with E-state index in [0.717, 1.165) is 54.2 Å². The predicted octanol–water partition coefficient (Wildman–Crippen LogP) is 5.43. The molecule has 0 unspecified atom stereocenters. The number of anilines is 1. The molecule has 0 fully saturated rings. The highest BCUT2D eigenvalue weighted by molar-refractivity contribution is 8.09. The summed E-state index contributed by atoms with van der Waals surface area (Å²) in [7, 11) is 2.05. The van der Waals surface area contributed by atoms with Crippen LogP contribution in [0.1, 0.15) is 19.7 Å². The Kier molecular flexibility index (Phi) is 5.46. The molecule has 6 aromatic rings. The van der Waals surface area contributed by atoms with E-state index >= 15 is 0 Å². The number of rotatable bonds is 3. The summed E-state index contributed by atoms with van der Waals surface area (Å²) >= 11 is 3.23. The first-order valence-corrected chi connectivity index (χ1v) is 14.5. The van der Waals surface area contributed by atoms with Crippen molar-refractivity contribution in [1.82, 2.24) is 4.57 Å². The third-order valence-electron chi connectivity index (χ3n) is 7.33. The highest BCUT2D eigenvalue weighted by atomic mass is 32.2. The lowest BCUT2D eigenvalue weighted by molar-refractivity contribution is -0.674. The average molecular weight is 537 g/mol. The first-order chi connectivity index (χ1) is 18.6. The highest BCUT2D eigenvalue weighted by Gasteiger charge is 2.27. The minimum absolute atomic E-state index is 0.0415. The summed E-state index contributed by atoms with van der Waals surface area (Å²) in [6.45, 7) is 5.50. The molecule has 0 radical (unpaired) electrons. The molecule has 188 valence electrons. The third-order valence-corrected chi connectivity index (χ3v) is 9.88. The van der Waals surface area contributed by atoms with Crippen LogP contribution in [0.5, 0.6) is 0 Å². The Bertz CT molecular complexity index is 2080. The van der Waals surface area contributed by atoms with Crippen molar-refractivity contribution in [3.05, 3.63) is 98.2 Å². The van der Waals surface area contributed by atoms with Crippen LogP contribution in [0, 0.1) is 0 Å². The van der Waals surface area contributed by atoms with Crippen molar-refractivity contribution in [2.45, 2.75) is 31.8 Å². The number of aromatic nitrogens is 2. The van der Waals surface area contributed by atoms with Crippen LogP contribution >= 0.6 is 23.1 Å². The van der Waals surface area contributed by atoms with E-state index in [1.54, 1.807) is 11.8 Å². The molecule has 1 aliphatic rings. The van der Waals surface area contributed by atoms with Gasteiger partial charge in [0.05, 0.1) is 11.8 Å². The second kappa shape index (κ2) is 8.89. The van der Waals surface area contributed by atoms with Crippen LogP contribution in [0.15, 0.2) is 86.9 Å². The minimum atomic E-state index is 0.0415. The standard InChI is InChI=1S/C31H26N3O2S2/c1-4-33-23-16-14-19-10-6-8-12-21(19)27(23)36-25(33)18-26-34(5-2)30(35)29(37-26)31-32(3)24-17-15-20-11-7-9-13-22(20)28(24)38-31/h6-18H,4-5H2,1-3H3/q+1/b31-29-. The molecular weight excluding hydrogens is 510 g/mol. The molecule has 1 aliphatic heterocycles. The van der Waals surface area contributed by atoms with Crippen molar-refractivity contribution in [3.8, 4) is 0 Å². The molecule has 0 atom stereocenters. The Morgan fingerprint density at radius 1 is 0.921 bits per heavy atom. The first kappa shape index (κ1) is 23.3. The fraction of sp³-hybridized carbons (Fsp3) is 0.161. The molecule has 38 heavy (non-hydrogen) atoms. The molecule has 0 N–H and O–H groups in total. The van der Waals surface area contributed by atoms with Gasteiger partial charge in [0.15, 0.2) is 0 Å². The van der Waals surface area contributed by atoms with E-state index in [9.17, 15) is 4.79 Å². The Morgan fingerprint density at radius 2 is 1.63 bits per heavy atom. The fourth-order valence-electron chi connectivity index (χ4n) is 5.41. The van der Waals surface area contributed by atoms with Gasteiger partial charge < -0.3 is 9.32 Å². The Morgan fingerprint density at radius 3 is 2.39 bits per heavy atom. The molecule has 0 spiro atoms. The van der Waals surface area contributed by atoms with Crippen LogP contribution in [-0.4, -0.2) is 11.6 Å². The minimum Gasteiger partial charge on any atom is -0.397 e. The molecule has 3 heterocycles. The van der Waals surface area contributed by atoms with E-state index in [4.69, 9.17) is 4.42 Å². The SMILES string of the molecule is CCn1c(=O)/c(=C2/Sc3c(ccc4ccccc34)N2C)s/c1=C/c1oc2c3ccccc3ccc2[n+]1CC. The summed E-state index contributed by atoms with van der Waals surface area (Å²) in [6, 6.07) is 25.3. The largest absolute Gasteiger partial charge is 0.397 e. The lowest BCUT2D eigenvalue weighted by Gasteiger charge is -2.12. The molecule has 0 saturated heterocycles. The molecule has 7 rings (SSSR count). The Balaban J connectivity index is 1.45. The van der Waals surface area contributed by atoms with Gasteiger partial charge in [0, 0.05) is 29.9 Å². The zero-order valence-corrected chi connectivity index (χ0v) is 23.0. The molecule has 5 nitrogen and oxygen atoms in total. The maximum absolute atomic E-state index is 13.7. The number of nitrogens with zero attached hydrogens (tertiary/aromatic N) is 3. The summed E-state index contributed by atoms with van der Waals surface area (Å²) in [4.78, 5) is 17.1. The summed E-state index contributed by atoms with van der Waals surface area (Å²) in [6.07, 6.45) is 2.03. The van der Waals surface area contributed by atoms with Gasteiger partial charge in [-0.2, -0.15) is 4.57 Å². The number of benzene rings is 4. The van der Waals surface area contributed by atoms with Crippen LogP contribution in [0.25, 0.3) is 43.7 Å². The lowest BCUT2D eigenvalue weighted by Crippen LogP contribution is -2.36. The molecule has 4 aromatic carbocycles. The van der Waals surface area contributed by atoms with Gasteiger partial charge in [-0.05, 0) is 42.1 Å². The van der Waals surface area contributed by atoms with E-state index in [1.165, 1.54) is 27.0 Å². The van der Waals surface area contributed by atoms with Crippen LogP contribution < -0.4 is 24.2 Å². The smallest absolute Gasteiger partial charge is 0.377 e. The van der Waals surface area contributed by atoms with Crippen molar-refractivity contribution >= 4 is 72.5 Å². The number of hydrogen-bond acceptors (Lipinski definition) is 5. The number of aryl methyl sites for hydroxylation is 1. The quantitative estimate of drug-likeness (QED) is 0.283. The van der Waals surface area contributed by atoms with Gasteiger partial charge in [0.1, 0.15) is 20.8 Å². The summed E-state index contributed by atoms with van der Waals surface area (Å²) in [5.41, 5.74) is 3.11. The van der Waals surface area contributed by atoms with Gasteiger partial charge in [-0.3, -0.25) is 9.36 Å². The van der Waals surface area contributed by atoms with Crippen molar-refractivity contribution in [2.24, 2.45) is 0 Å². The number of thiazole rings is 1. The number of hydrogen-bond donors (Lipinski definition) is 0. The van der Waals surface area contributed by atoms with Gasteiger partial charge in [-0.1, -0.05) is 66.4 Å². The molecule has 0 saturated carbocycles. The summed E-state index contributed by atoms with van der Waals surface area (Å²) in [5, 5.41) is 5.65. The molecule has 2 aromatic heterocycles. The van der Waals surface area contributed by atoms with Crippen LogP contribution in [-0.2, 0) is 13.1 Å². The molecule has 0 amide bonds. The van der Waals surface area contributed by atoms with Crippen molar-refractivity contribution in [3.63, 3.8) is 0 Å². The van der Waals surface area contributed by atoms with Crippen molar-refractivity contribution in [2.75, 3.05) is 11.9 Å². The highest BCUT2D eigenvalue weighted by Crippen LogP contribution is 2.48. The van der Waals surface area contributed by atoms with E-state index in [1.807, 2.05) is 29.7 Å². The molecule has 0 bridgehead atoms.